The molecule has 1 aliphatic carbocycles. The third-order valence-electron chi connectivity index (χ3n) is 2.91. The largest absolute Gasteiger partial charge is 0.273 e. The molecule has 1 aromatic carbocycles. The Kier molecular flexibility index (Phi) is 3.70. The van der Waals surface area contributed by atoms with E-state index in [4.69, 9.17) is 0 Å². The van der Waals surface area contributed by atoms with Crippen molar-refractivity contribution in [3.63, 3.8) is 0 Å². The van der Waals surface area contributed by atoms with E-state index >= 15 is 0 Å². The van der Waals surface area contributed by atoms with Gasteiger partial charge < -0.3 is 0 Å². The second-order valence-corrected chi connectivity index (χ2v) is 4.44. The van der Waals surface area contributed by atoms with Gasteiger partial charge in [0.25, 0.3) is 5.69 Å². The number of allylic oxidation sites excluding steroid dienone is 1. The fourth-order valence-corrected chi connectivity index (χ4v) is 1.80. The molecule has 0 unspecified atom stereocenters. The highest BCUT2D eigenvalue weighted by molar-refractivity contribution is 5.84. The van der Waals surface area contributed by atoms with Crippen LogP contribution in [0.25, 0.3) is 0 Å². The van der Waals surface area contributed by atoms with E-state index in [-0.39, 0.29) is 17.5 Å². The Bertz CT molecular complexity index is 558. The smallest absolute Gasteiger partial charge is 0.270 e. The lowest BCUT2D eigenvalue weighted by molar-refractivity contribution is -0.384. The summed E-state index contributed by atoms with van der Waals surface area (Å²) in [7, 11) is 0. The number of nitro benzene ring substituents is 1. The van der Waals surface area contributed by atoms with Gasteiger partial charge in [-0.2, -0.15) is 5.10 Å². The molecule has 1 saturated carbocycles. The molecule has 1 aromatic rings. The fourth-order valence-electron chi connectivity index (χ4n) is 1.80. The molecule has 1 amide bonds. The molecular formula is C13H13N3O3. The highest BCUT2D eigenvalue weighted by Gasteiger charge is 2.27. The van der Waals surface area contributed by atoms with Gasteiger partial charge in [0.15, 0.2) is 0 Å². The van der Waals surface area contributed by atoms with Crippen molar-refractivity contribution >= 4 is 17.8 Å². The van der Waals surface area contributed by atoms with E-state index in [0.717, 1.165) is 5.57 Å². The van der Waals surface area contributed by atoms with E-state index in [1.165, 1.54) is 18.3 Å². The van der Waals surface area contributed by atoms with E-state index in [2.05, 4.69) is 17.1 Å². The van der Waals surface area contributed by atoms with Gasteiger partial charge in [0, 0.05) is 23.6 Å². The van der Waals surface area contributed by atoms with Crippen LogP contribution in [0.2, 0.25) is 0 Å². The molecule has 19 heavy (non-hydrogen) atoms. The van der Waals surface area contributed by atoms with E-state index in [1.807, 2.05) is 0 Å². The number of nitrogens with zero attached hydrogens (tertiary/aromatic N) is 2. The standard InChI is InChI=1S/C13H13N3O3/c1-9-5-11(6-9)13(17)15-14-8-10-3-2-4-12(7-10)16(18)19/h2-4,7-8,11H,1,5-6H2,(H,15,17)/b14-8-. The van der Waals surface area contributed by atoms with Gasteiger partial charge in [0.2, 0.25) is 5.91 Å². The van der Waals surface area contributed by atoms with E-state index in [0.29, 0.717) is 18.4 Å². The topological polar surface area (TPSA) is 84.6 Å². The summed E-state index contributed by atoms with van der Waals surface area (Å²) in [5, 5.41) is 14.4. The average molecular weight is 259 g/mol. The van der Waals surface area contributed by atoms with Crippen molar-refractivity contribution in [3.8, 4) is 0 Å². The number of rotatable bonds is 4. The van der Waals surface area contributed by atoms with Gasteiger partial charge in [-0.25, -0.2) is 5.43 Å². The molecule has 6 heteroatoms. The summed E-state index contributed by atoms with van der Waals surface area (Å²) >= 11 is 0. The van der Waals surface area contributed by atoms with Crippen LogP contribution in [0, 0.1) is 16.0 Å². The molecular weight excluding hydrogens is 246 g/mol. The third kappa shape index (κ3) is 3.25. The van der Waals surface area contributed by atoms with Gasteiger partial charge in [0.05, 0.1) is 11.1 Å². The first-order valence-electron chi connectivity index (χ1n) is 5.80. The molecule has 2 rings (SSSR count). The molecule has 0 atom stereocenters. The zero-order valence-corrected chi connectivity index (χ0v) is 10.2. The molecule has 0 aliphatic heterocycles. The minimum atomic E-state index is -0.476. The Morgan fingerprint density at radius 1 is 1.53 bits per heavy atom. The van der Waals surface area contributed by atoms with Crippen molar-refractivity contribution in [2.75, 3.05) is 0 Å². The van der Waals surface area contributed by atoms with Crippen LogP contribution in [0.4, 0.5) is 5.69 Å². The van der Waals surface area contributed by atoms with Crippen LogP contribution < -0.4 is 5.43 Å². The lowest BCUT2D eigenvalue weighted by Gasteiger charge is -2.25. The molecule has 0 saturated heterocycles. The van der Waals surface area contributed by atoms with Gasteiger partial charge in [0.1, 0.15) is 0 Å². The molecule has 98 valence electrons. The number of hydrazone groups is 1. The van der Waals surface area contributed by atoms with Crippen LogP contribution in [-0.4, -0.2) is 17.0 Å². The predicted molar refractivity (Wildman–Crippen MR) is 70.7 cm³/mol. The summed E-state index contributed by atoms with van der Waals surface area (Å²) < 4.78 is 0. The minimum Gasteiger partial charge on any atom is -0.273 e. The lowest BCUT2D eigenvalue weighted by Crippen LogP contribution is -2.32. The van der Waals surface area contributed by atoms with Crippen LogP contribution in [0.5, 0.6) is 0 Å². The fraction of sp³-hybridized carbons (Fsp3) is 0.231. The summed E-state index contributed by atoms with van der Waals surface area (Å²) in [6.45, 7) is 3.76. The molecule has 0 radical (unpaired) electrons. The van der Waals surface area contributed by atoms with Gasteiger partial charge in [-0.3, -0.25) is 14.9 Å². The van der Waals surface area contributed by atoms with Gasteiger partial charge >= 0.3 is 0 Å². The van der Waals surface area contributed by atoms with Crippen molar-refractivity contribution in [1.82, 2.24) is 5.43 Å². The first-order chi connectivity index (χ1) is 9.06. The molecule has 0 aromatic heterocycles. The predicted octanol–water partition coefficient (Wildman–Crippen LogP) is 2.01. The quantitative estimate of drug-likeness (QED) is 0.388. The highest BCUT2D eigenvalue weighted by atomic mass is 16.6. The summed E-state index contributed by atoms with van der Waals surface area (Å²) in [5.41, 5.74) is 4.05. The normalized spacial score (nSPS) is 15.3. The van der Waals surface area contributed by atoms with E-state index in [1.54, 1.807) is 12.1 Å². The zero-order chi connectivity index (χ0) is 13.8. The third-order valence-corrected chi connectivity index (χ3v) is 2.91. The van der Waals surface area contributed by atoms with Crippen molar-refractivity contribution in [2.45, 2.75) is 12.8 Å². The maximum Gasteiger partial charge on any atom is 0.270 e. The number of carbonyl (C=O) groups excluding carboxylic acids is 1. The van der Waals surface area contributed by atoms with Gasteiger partial charge in [-0.05, 0) is 12.8 Å². The van der Waals surface area contributed by atoms with Crippen molar-refractivity contribution in [1.29, 1.82) is 0 Å². The summed E-state index contributed by atoms with van der Waals surface area (Å²) in [4.78, 5) is 21.7. The molecule has 1 N–H and O–H groups in total. The first-order valence-corrected chi connectivity index (χ1v) is 5.80. The van der Waals surface area contributed by atoms with E-state index < -0.39 is 4.92 Å². The van der Waals surface area contributed by atoms with Gasteiger partial charge in [-0.1, -0.05) is 24.3 Å². The van der Waals surface area contributed by atoms with Crippen molar-refractivity contribution in [3.05, 3.63) is 52.1 Å². The second kappa shape index (κ2) is 5.43. The molecule has 6 nitrogen and oxygen atoms in total. The monoisotopic (exact) mass is 259 g/mol. The lowest BCUT2D eigenvalue weighted by atomic mass is 9.81. The number of nitrogens with one attached hydrogen (secondary N) is 1. The molecule has 0 bridgehead atoms. The number of carbonyl (C=O) groups is 1. The minimum absolute atomic E-state index is 0.00873. The van der Waals surface area contributed by atoms with Crippen LogP contribution in [0.15, 0.2) is 41.5 Å². The maximum absolute atomic E-state index is 11.6. The summed E-state index contributed by atoms with van der Waals surface area (Å²) in [6, 6.07) is 6.03. The average Bonchev–Trinajstić information content (AvgIpc) is 2.35. The SMILES string of the molecule is C=C1CC(C(=O)N/N=C\c2cccc([N+](=O)[O-])c2)C1. The molecule has 0 heterocycles. The number of hydrogen-bond donors (Lipinski definition) is 1. The Labute approximate surface area is 110 Å². The number of non-ortho nitro benzene ring substituents is 1. The van der Waals surface area contributed by atoms with Gasteiger partial charge in [-0.15, -0.1) is 0 Å². The highest BCUT2D eigenvalue weighted by Crippen LogP contribution is 2.31. The van der Waals surface area contributed by atoms with E-state index in [9.17, 15) is 14.9 Å². The van der Waals surface area contributed by atoms with Crippen molar-refractivity contribution in [2.24, 2.45) is 11.0 Å². The summed E-state index contributed by atoms with van der Waals surface area (Å²) in [6.07, 6.45) is 2.80. The number of nitro groups is 1. The number of amides is 1. The Balaban J connectivity index is 1.91. The molecule has 0 spiro atoms. The second-order valence-electron chi connectivity index (χ2n) is 4.44. The van der Waals surface area contributed by atoms with Crippen LogP contribution in [-0.2, 0) is 4.79 Å². The van der Waals surface area contributed by atoms with Crippen LogP contribution in [0.3, 0.4) is 0 Å². The van der Waals surface area contributed by atoms with Crippen LogP contribution >= 0.6 is 0 Å². The van der Waals surface area contributed by atoms with Crippen LogP contribution in [0.1, 0.15) is 18.4 Å². The Hall–Kier alpha value is -2.50. The summed E-state index contributed by atoms with van der Waals surface area (Å²) in [5.74, 6) is -0.191. The molecule has 1 aliphatic rings. The van der Waals surface area contributed by atoms with Crippen molar-refractivity contribution < 1.29 is 9.72 Å². The number of hydrogen-bond acceptors (Lipinski definition) is 4. The zero-order valence-electron chi connectivity index (χ0n) is 10.2. The number of benzene rings is 1. The molecule has 1 fully saturated rings. The Morgan fingerprint density at radius 2 is 2.26 bits per heavy atom. The first kappa shape index (κ1) is 12.9. The maximum atomic E-state index is 11.6. The Morgan fingerprint density at radius 3 is 2.89 bits per heavy atom.